The Morgan fingerprint density at radius 2 is 1.68 bits per heavy atom. The van der Waals surface area contributed by atoms with Crippen LogP contribution in [0.25, 0.3) is 0 Å². The van der Waals surface area contributed by atoms with Gasteiger partial charge in [-0.1, -0.05) is 0 Å². The molecule has 1 aliphatic heterocycles. The second kappa shape index (κ2) is 8.30. The summed E-state index contributed by atoms with van der Waals surface area (Å²) in [6.07, 6.45) is 0. The van der Waals surface area contributed by atoms with E-state index in [4.69, 9.17) is 4.74 Å². The molecule has 0 bridgehead atoms. The molecule has 0 aliphatic carbocycles. The van der Waals surface area contributed by atoms with Crippen LogP contribution in [0.5, 0.6) is 5.75 Å². The van der Waals surface area contributed by atoms with Crippen molar-refractivity contribution in [2.24, 2.45) is 0 Å². The third-order valence-electron chi connectivity index (χ3n) is 4.87. The third-order valence-corrected chi connectivity index (χ3v) is 6.78. The lowest BCUT2D eigenvalue weighted by molar-refractivity contribution is 0.102. The van der Waals surface area contributed by atoms with Crippen LogP contribution in [0.3, 0.4) is 0 Å². The highest BCUT2D eigenvalue weighted by Gasteiger charge is 2.27. The maximum atomic E-state index is 12.8. The maximum Gasteiger partial charge on any atom is 0.255 e. The normalized spacial score (nSPS) is 16.0. The Morgan fingerprint density at radius 1 is 1.04 bits per heavy atom. The molecule has 28 heavy (non-hydrogen) atoms. The van der Waals surface area contributed by atoms with Gasteiger partial charge in [-0.2, -0.15) is 4.31 Å². The number of hydrogen-bond donors (Lipinski definition) is 1. The van der Waals surface area contributed by atoms with Crippen LogP contribution in [-0.4, -0.2) is 63.9 Å². The first-order valence-corrected chi connectivity index (χ1v) is 10.5. The Labute approximate surface area is 166 Å². The molecule has 7 nitrogen and oxygen atoms in total. The van der Waals surface area contributed by atoms with Crippen LogP contribution in [0.2, 0.25) is 0 Å². The van der Waals surface area contributed by atoms with Crippen molar-refractivity contribution < 1.29 is 17.9 Å². The lowest BCUT2D eigenvalue weighted by Gasteiger charge is -2.31. The van der Waals surface area contributed by atoms with E-state index in [-0.39, 0.29) is 10.8 Å². The number of carbonyl (C=O) groups is 1. The fraction of sp³-hybridized carbons (Fsp3) is 0.350. The predicted octanol–water partition coefficient (Wildman–Crippen LogP) is 2.19. The quantitative estimate of drug-likeness (QED) is 0.828. The van der Waals surface area contributed by atoms with Gasteiger partial charge >= 0.3 is 0 Å². The topological polar surface area (TPSA) is 78.9 Å². The molecule has 1 aliphatic rings. The minimum atomic E-state index is -3.52. The Hall–Kier alpha value is -2.42. The Morgan fingerprint density at radius 3 is 2.25 bits per heavy atom. The number of piperazine rings is 1. The van der Waals surface area contributed by atoms with E-state index in [9.17, 15) is 13.2 Å². The molecular formula is C20H25N3O4S. The molecule has 150 valence electrons. The minimum absolute atomic E-state index is 0.232. The summed E-state index contributed by atoms with van der Waals surface area (Å²) in [5.74, 6) is 0.454. The summed E-state index contributed by atoms with van der Waals surface area (Å²) in [6.45, 7) is 4.26. The number of rotatable bonds is 5. The van der Waals surface area contributed by atoms with Crippen molar-refractivity contribution in [3.05, 3.63) is 53.6 Å². The molecule has 0 saturated carbocycles. The van der Waals surface area contributed by atoms with Crippen LogP contribution in [0.4, 0.5) is 5.69 Å². The van der Waals surface area contributed by atoms with Gasteiger partial charge in [0.05, 0.1) is 12.0 Å². The van der Waals surface area contributed by atoms with Gasteiger partial charge in [0.15, 0.2) is 0 Å². The number of benzene rings is 2. The number of anilines is 1. The summed E-state index contributed by atoms with van der Waals surface area (Å²) in [5, 5.41) is 2.79. The lowest BCUT2D eigenvalue weighted by atomic mass is 10.1. The number of ether oxygens (including phenoxy) is 1. The van der Waals surface area contributed by atoms with Gasteiger partial charge in [-0.05, 0) is 62.0 Å². The van der Waals surface area contributed by atoms with Crippen LogP contribution in [0.1, 0.15) is 15.9 Å². The van der Waals surface area contributed by atoms with Crippen molar-refractivity contribution >= 4 is 21.6 Å². The van der Waals surface area contributed by atoms with Gasteiger partial charge in [0.2, 0.25) is 10.0 Å². The lowest BCUT2D eigenvalue weighted by Crippen LogP contribution is -2.46. The molecule has 1 saturated heterocycles. The standard InChI is InChI=1S/C20H25N3O4S/c1-15-14-16(4-9-19(15)27-3)20(24)21-17-5-7-18(8-6-17)28(25,26)23-12-10-22(2)11-13-23/h4-9,14H,10-13H2,1-3H3,(H,21,24). The number of methoxy groups -OCH3 is 1. The highest BCUT2D eigenvalue weighted by molar-refractivity contribution is 7.89. The molecule has 1 amide bonds. The summed E-state index contributed by atoms with van der Waals surface area (Å²) in [6, 6.07) is 11.5. The predicted molar refractivity (Wildman–Crippen MR) is 108 cm³/mol. The van der Waals surface area contributed by atoms with Gasteiger partial charge < -0.3 is 15.0 Å². The molecule has 2 aromatic carbocycles. The monoisotopic (exact) mass is 403 g/mol. The first kappa shape index (κ1) is 20.3. The average molecular weight is 404 g/mol. The zero-order chi connectivity index (χ0) is 20.3. The molecule has 2 aromatic rings. The third kappa shape index (κ3) is 4.35. The molecule has 1 N–H and O–H groups in total. The van der Waals surface area contributed by atoms with Gasteiger partial charge in [0.1, 0.15) is 5.75 Å². The van der Waals surface area contributed by atoms with Crippen LogP contribution >= 0.6 is 0 Å². The van der Waals surface area contributed by atoms with Crippen molar-refractivity contribution in [1.82, 2.24) is 9.21 Å². The van der Waals surface area contributed by atoms with Crippen molar-refractivity contribution in [3.8, 4) is 5.75 Å². The van der Waals surface area contributed by atoms with Crippen molar-refractivity contribution in [2.75, 3.05) is 45.7 Å². The summed E-state index contributed by atoms with van der Waals surface area (Å²) in [7, 11) is 0.0450. The molecule has 3 rings (SSSR count). The number of nitrogens with one attached hydrogen (secondary N) is 1. The molecule has 1 fully saturated rings. The smallest absolute Gasteiger partial charge is 0.255 e. The van der Waals surface area contributed by atoms with Gasteiger partial charge in [0.25, 0.3) is 5.91 Å². The average Bonchev–Trinajstić information content (AvgIpc) is 2.68. The molecular weight excluding hydrogens is 378 g/mol. The zero-order valence-electron chi connectivity index (χ0n) is 16.3. The molecule has 8 heteroatoms. The van der Waals surface area contributed by atoms with Gasteiger partial charge in [0, 0.05) is 37.4 Å². The number of nitrogens with zero attached hydrogens (tertiary/aromatic N) is 2. The largest absolute Gasteiger partial charge is 0.496 e. The van der Waals surface area contributed by atoms with E-state index < -0.39 is 10.0 Å². The van der Waals surface area contributed by atoms with Gasteiger partial charge in [-0.25, -0.2) is 8.42 Å². The summed E-state index contributed by atoms with van der Waals surface area (Å²) in [5.41, 5.74) is 1.91. The fourth-order valence-electron chi connectivity index (χ4n) is 3.11. The number of hydrogen-bond acceptors (Lipinski definition) is 5. The SMILES string of the molecule is COc1ccc(C(=O)Nc2ccc(S(=O)(=O)N3CCN(C)CC3)cc2)cc1C. The van der Waals surface area contributed by atoms with Gasteiger partial charge in [-0.15, -0.1) is 0 Å². The Balaban J connectivity index is 1.70. The van der Waals surface area contributed by atoms with E-state index in [0.717, 1.165) is 11.3 Å². The summed E-state index contributed by atoms with van der Waals surface area (Å²) >= 11 is 0. The van der Waals surface area contributed by atoms with E-state index in [1.54, 1.807) is 37.4 Å². The molecule has 0 unspecified atom stereocenters. The second-order valence-electron chi connectivity index (χ2n) is 6.87. The highest BCUT2D eigenvalue weighted by atomic mass is 32.2. The molecule has 0 spiro atoms. The van der Waals surface area contributed by atoms with Crippen molar-refractivity contribution in [2.45, 2.75) is 11.8 Å². The zero-order valence-corrected chi connectivity index (χ0v) is 17.1. The number of amides is 1. The maximum absolute atomic E-state index is 12.8. The van der Waals surface area contributed by atoms with E-state index >= 15 is 0 Å². The Kier molecular flexibility index (Phi) is 6.02. The number of sulfonamides is 1. The van der Waals surface area contributed by atoms with Crippen molar-refractivity contribution in [1.29, 1.82) is 0 Å². The number of carbonyl (C=O) groups excluding carboxylic acids is 1. The van der Waals surface area contributed by atoms with Crippen LogP contribution in [0.15, 0.2) is 47.4 Å². The minimum Gasteiger partial charge on any atom is -0.496 e. The number of likely N-dealkylation sites (N-methyl/N-ethyl adjacent to an activating group) is 1. The molecule has 0 atom stereocenters. The van der Waals surface area contributed by atoms with E-state index in [0.29, 0.717) is 37.4 Å². The highest BCUT2D eigenvalue weighted by Crippen LogP contribution is 2.22. The fourth-order valence-corrected chi connectivity index (χ4v) is 4.53. The first-order chi connectivity index (χ1) is 13.3. The van der Waals surface area contributed by atoms with E-state index in [1.165, 1.54) is 16.4 Å². The van der Waals surface area contributed by atoms with E-state index in [1.807, 2.05) is 14.0 Å². The summed E-state index contributed by atoms with van der Waals surface area (Å²) < 4.78 is 32.2. The summed E-state index contributed by atoms with van der Waals surface area (Å²) in [4.78, 5) is 14.8. The van der Waals surface area contributed by atoms with Crippen molar-refractivity contribution in [3.63, 3.8) is 0 Å². The van der Waals surface area contributed by atoms with Crippen LogP contribution in [0, 0.1) is 6.92 Å². The number of aryl methyl sites for hydroxylation is 1. The molecule has 0 radical (unpaired) electrons. The van der Waals surface area contributed by atoms with E-state index in [2.05, 4.69) is 10.2 Å². The second-order valence-corrected chi connectivity index (χ2v) is 8.81. The van der Waals surface area contributed by atoms with Crippen LogP contribution in [-0.2, 0) is 10.0 Å². The molecule has 1 heterocycles. The van der Waals surface area contributed by atoms with Gasteiger partial charge in [-0.3, -0.25) is 4.79 Å². The first-order valence-electron chi connectivity index (χ1n) is 9.06. The molecule has 0 aromatic heterocycles. The Bertz CT molecular complexity index is 950. The van der Waals surface area contributed by atoms with Crippen LogP contribution < -0.4 is 10.1 Å².